The number of aromatic amines is 1. The molecule has 0 aliphatic carbocycles. The van der Waals surface area contributed by atoms with Crippen LogP contribution in [0.25, 0.3) is 10.9 Å². The van der Waals surface area contributed by atoms with Crippen molar-refractivity contribution in [1.29, 1.82) is 0 Å². The summed E-state index contributed by atoms with van der Waals surface area (Å²) in [7, 11) is 0. The zero-order valence-electron chi connectivity index (χ0n) is 12.6. The molecule has 0 bridgehead atoms. The number of carbonyl (C=O) groups is 1. The summed E-state index contributed by atoms with van der Waals surface area (Å²) < 4.78 is 0. The fourth-order valence-electron chi connectivity index (χ4n) is 2.54. The smallest absolute Gasteiger partial charge is 0.255 e. The van der Waals surface area contributed by atoms with Crippen molar-refractivity contribution >= 4 is 22.5 Å². The summed E-state index contributed by atoms with van der Waals surface area (Å²) in [6, 6.07) is 8.87. The van der Waals surface area contributed by atoms with Crippen LogP contribution in [-0.4, -0.2) is 27.6 Å². The Balaban J connectivity index is 1.69. The van der Waals surface area contributed by atoms with E-state index in [4.69, 9.17) is 0 Å². The number of aromatic nitrogens is 1. The number of phenols is 2. The SMILES string of the molecule is O=Nc1ccc2[nH]cc(CCNC(=O)c3cc(O)ccc3O)c2c1. The number of nitrogens with zero attached hydrogens (tertiary/aromatic N) is 1. The van der Waals surface area contributed by atoms with Gasteiger partial charge in [0.05, 0.1) is 5.56 Å². The highest BCUT2D eigenvalue weighted by atomic mass is 16.3. The first-order valence-electron chi connectivity index (χ1n) is 7.32. The van der Waals surface area contributed by atoms with Crippen molar-refractivity contribution in [2.24, 2.45) is 5.18 Å². The number of hydrogen-bond donors (Lipinski definition) is 4. The zero-order chi connectivity index (χ0) is 17.1. The first kappa shape index (κ1) is 15.5. The van der Waals surface area contributed by atoms with Crippen molar-refractivity contribution in [1.82, 2.24) is 10.3 Å². The third-order valence-corrected chi connectivity index (χ3v) is 3.76. The van der Waals surface area contributed by atoms with Gasteiger partial charge in [-0.3, -0.25) is 4.79 Å². The predicted molar refractivity (Wildman–Crippen MR) is 89.6 cm³/mol. The maximum Gasteiger partial charge on any atom is 0.255 e. The van der Waals surface area contributed by atoms with Gasteiger partial charge in [0.25, 0.3) is 5.91 Å². The minimum absolute atomic E-state index is 0.0152. The summed E-state index contributed by atoms with van der Waals surface area (Å²) in [4.78, 5) is 25.8. The van der Waals surface area contributed by atoms with Crippen molar-refractivity contribution in [3.05, 3.63) is 58.6 Å². The summed E-state index contributed by atoms with van der Waals surface area (Å²) in [5.41, 5.74) is 2.18. The van der Waals surface area contributed by atoms with Crippen LogP contribution in [-0.2, 0) is 6.42 Å². The van der Waals surface area contributed by atoms with Crippen LogP contribution < -0.4 is 5.32 Å². The molecule has 4 N–H and O–H groups in total. The second-order valence-electron chi connectivity index (χ2n) is 5.34. The van der Waals surface area contributed by atoms with Crippen LogP contribution in [0.4, 0.5) is 5.69 Å². The van der Waals surface area contributed by atoms with E-state index in [1.165, 1.54) is 18.2 Å². The number of hydrogen-bond acceptors (Lipinski definition) is 5. The number of rotatable bonds is 5. The summed E-state index contributed by atoms with van der Waals surface area (Å²) in [5, 5.41) is 25.6. The molecule has 2 aromatic carbocycles. The molecule has 3 aromatic rings. The van der Waals surface area contributed by atoms with Crippen molar-refractivity contribution in [3.8, 4) is 11.5 Å². The van der Waals surface area contributed by atoms with Gasteiger partial charge in [-0.15, -0.1) is 4.91 Å². The van der Waals surface area contributed by atoms with E-state index in [0.29, 0.717) is 18.7 Å². The molecule has 0 saturated carbocycles. The Kier molecular flexibility index (Phi) is 4.15. The van der Waals surface area contributed by atoms with Crippen LogP contribution in [0.15, 0.2) is 47.8 Å². The minimum Gasteiger partial charge on any atom is -0.508 e. The predicted octanol–water partition coefficient (Wildman–Crippen LogP) is 2.95. The number of aromatic hydroxyl groups is 2. The van der Waals surface area contributed by atoms with E-state index < -0.39 is 5.91 Å². The number of amides is 1. The molecule has 7 nitrogen and oxygen atoms in total. The van der Waals surface area contributed by atoms with Gasteiger partial charge in [0.2, 0.25) is 0 Å². The molecule has 0 spiro atoms. The quantitative estimate of drug-likeness (QED) is 0.426. The Labute approximate surface area is 136 Å². The van der Waals surface area contributed by atoms with Gasteiger partial charge in [-0.2, -0.15) is 0 Å². The van der Waals surface area contributed by atoms with Crippen LogP contribution in [0.5, 0.6) is 11.5 Å². The molecule has 0 fully saturated rings. The summed E-state index contributed by atoms with van der Waals surface area (Å²) >= 11 is 0. The Morgan fingerprint density at radius 3 is 2.79 bits per heavy atom. The molecular weight excluding hydrogens is 310 g/mol. The lowest BCUT2D eigenvalue weighted by Gasteiger charge is -2.07. The molecule has 3 rings (SSSR count). The molecule has 1 aromatic heterocycles. The largest absolute Gasteiger partial charge is 0.508 e. The van der Waals surface area contributed by atoms with E-state index in [2.05, 4.69) is 15.5 Å². The van der Waals surface area contributed by atoms with E-state index in [-0.39, 0.29) is 17.1 Å². The lowest BCUT2D eigenvalue weighted by molar-refractivity contribution is 0.0951. The average molecular weight is 325 g/mol. The molecule has 0 atom stereocenters. The van der Waals surface area contributed by atoms with Gasteiger partial charge in [0.1, 0.15) is 17.2 Å². The minimum atomic E-state index is -0.474. The normalized spacial score (nSPS) is 10.7. The average Bonchev–Trinajstić information content (AvgIpc) is 2.99. The van der Waals surface area contributed by atoms with E-state index in [0.717, 1.165) is 16.5 Å². The van der Waals surface area contributed by atoms with Gasteiger partial charge < -0.3 is 20.5 Å². The van der Waals surface area contributed by atoms with Gasteiger partial charge >= 0.3 is 0 Å². The maximum absolute atomic E-state index is 12.1. The standard InChI is InChI=1S/C17H15N3O4/c21-12-2-4-16(22)14(8-12)17(23)18-6-5-10-9-19-15-3-1-11(20-24)7-13(10)15/h1-4,7-9,19,21-22H,5-6H2,(H,18,23). The Morgan fingerprint density at radius 1 is 1.17 bits per heavy atom. The fraction of sp³-hybridized carbons (Fsp3) is 0.118. The fourth-order valence-corrected chi connectivity index (χ4v) is 2.54. The van der Waals surface area contributed by atoms with Crippen molar-refractivity contribution in [2.45, 2.75) is 6.42 Å². The number of nitrogens with one attached hydrogen (secondary N) is 2. The maximum atomic E-state index is 12.1. The van der Waals surface area contributed by atoms with Crippen molar-refractivity contribution < 1.29 is 15.0 Å². The number of nitroso groups, excluding NO2 is 1. The molecule has 0 unspecified atom stereocenters. The summed E-state index contributed by atoms with van der Waals surface area (Å²) in [6.45, 7) is 0.333. The lowest BCUT2D eigenvalue weighted by Crippen LogP contribution is -2.25. The second-order valence-corrected chi connectivity index (χ2v) is 5.34. The highest BCUT2D eigenvalue weighted by Gasteiger charge is 2.12. The molecule has 0 saturated heterocycles. The third-order valence-electron chi connectivity index (χ3n) is 3.76. The van der Waals surface area contributed by atoms with Crippen LogP contribution in [0.3, 0.4) is 0 Å². The highest BCUT2D eigenvalue weighted by molar-refractivity contribution is 5.97. The highest BCUT2D eigenvalue weighted by Crippen LogP contribution is 2.24. The molecule has 1 amide bonds. The van der Waals surface area contributed by atoms with E-state index in [9.17, 15) is 19.9 Å². The molecule has 0 radical (unpaired) electrons. The first-order chi connectivity index (χ1) is 11.6. The lowest BCUT2D eigenvalue weighted by atomic mass is 10.1. The molecule has 122 valence electrons. The topological polar surface area (TPSA) is 115 Å². The molecular formula is C17H15N3O4. The number of phenolic OH excluding ortho intramolecular Hbond substituents is 2. The van der Waals surface area contributed by atoms with E-state index in [1.807, 2.05) is 6.20 Å². The Bertz CT molecular complexity index is 917. The third kappa shape index (κ3) is 3.05. The van der Waals surface area contributed by atoms with Crippen LogP contribution in [0.2, 0.25) is 0 Å². The Hall–Kier alpha value is -3.35. The first-order valence-corrected chi connectivity index (χ1v) is 7.32. The van der Waals surface area contributed by atoms with Crippen LogP contribution in [0.1, 0.15) is 15.9 Å². The van der Waals surface area contributed by atoms with Gasteiger partial charge in [-0.05, 0) is 53.6 Å². The number of benzene rings is 2. The molecule has 7 heteroatoms. The number of fused-ring (bicyclic) bond motifs is 1. The zero-order valence-corrected chi connectivity index (χ0v) is 12.6. The van der Waals surface area contributed by atoms with Crippen LogP contribution >= 0.6 is 0 Å². The monoisotopic (exact) mass is 325 g/mol. The van der Waals surface area contributed by atoms with Crippen molar-refractivity contribution in [3.63, 3.8) is 0 Å². The molecule has 0 aliphatic heterocycles. The summed E-state index contributed by atoms with van der Waals surface area (Å²) in [5.74, 6) is -0.763. The second kappa shape index (κ2) is 6.41. The van der Waals surface area contributed by atoms with E-state index in [1.54, 1.807) is 18.2 Å². The van der Waals surface area contributed by atoms with Gasteiger partial charge in [-0.1, -0.05) is 0 Å². The molecule has 1 heterocycles. The van der Waals surface area contributed by atoms with Gasteiger partial charge in [0, 0.05) is 23.6 Å². The van der Waals surface area contributed by atoms with Gasteiger partial charge in [0.15, 0.2) is 0 Å². The summed E-state index contributed by atoms with van der Waals surface area (Å²) in [6.07, 6.45) is 2.35. The van der Waals surface area contributed by atoms with Crippen molar-refractivity contribution in [2.75, 3.05) is 6.54 Å². The molecule has 24 heavy (non-hydrogen) atoms. The van der Waals surface area contributed by atoms with E-state index >= 15 is 0 Å². The van der Waals surface area contributed by atoms with Crippen LogP contribution in [0, 0.1) is 4.91 Å². The molecule has 0 aliphatic rings. The Morgan fingerprint density at radius 2 is 2.00 bits per heavy atom. The van der Waals surface area contributed by atoms with Gasteiger partial charge in [-0.25, -0.2) is 0 Å². The number of carbonyl (C=O) groups excluding carboxylic acids is 1. The number of H-pyrrole nitrogens is 1.